The lowest BCUT2D eigenvalue weighted by molar-refractivity contribution is -0.0503. The van der Waals surface area contributed by atoms with Gasteiger partial charge in [0, 0.05) is 31.9 Å². The zero-order chi connectivity index (χ0) is 22.6. The molecular weight excluding hydrogens is 414 g/mol. The minimum absolute atomic E-state index is 0.0686. The summed E-state index contributed by atoms with van der Waals surface area (Å²) in [5, 5.41) is 3.27. The second kappa shape index (κ2) is 8.12. The van der Waals surface area contributed by atoms with E-state index in [-0.39, 0.29) is 17.9 Å². The van der Waals surface area contributed by atoms with Gasteiger partial charge in [0.1, 0.15) is 17.0 Å². The third-order valence-corrected chi connectivity index (χ3v) is 8.89. The molecule has 3 N–H and O–H groups in total. The number of fused-ring (bicyclic) bond motifs is 1. The van der Waals surface area contributed by atoms with Crippen molar-refractivity contribution < 1.29 is 9.59 Å². The zero-order valence-corrected chi connectivity index (χ0v) is 19.3. The van der Waals surface area contributed by atoms with E-state index in [0.717, 1.165) is 43.6 Å². The number of nitrogens with two attached hydrogens (primary N) is 1. The predicted octanol–water partition coefficient (Wildman–Crippen LogP) is 3.23. The first kappa shape index (κ1) is 21.1. The number of hydrogen-bond donors (Lipinski definition) is 2. The molecule has 2 amide bonds. The van der Waals surface area contributed by atoms with Gasteiger partial charge in [-0.3, -0.25) is 14.0 Å². The summed E-state index contributed by atoms with van der Waals surface area (Å²) in [4.78, 5) is 32.9. The Morgan fingerprint density at radius 1 is 1.09 bits per heavy atom. The Bertz CT molecular complexity index is 1040. The molecule has 4 aliphatic carbocycles. The van der Waals surface area contributed by atoms with Crippen molar-refractivity contribution in [2.24, 2.45) is 28.9 Å². The van der Waals surface area contributed by atoms with Crippen LogP contribution in [-0.4, -0.2) is 51.8 Å². The minimum Gasteiger partial charge on any atom is -0.350 e. The molecule has 0 radical (unpaired) electrons. The summed E-state index contributed by atoms with van der Waals surface area (Å²) in [6.45, 7) is 1.95. The molecule has 7 heteroatoms. The topological polar surface area (TPSA) is 92.7 Å². The molecule has 3 heterocycles. The van der Waals surface area contributed by atoms with Crippen LogP contribution in [0.4, 0.5) is 0 Å². The Hall–Kier alpha value is -2.41. The molecule has 0 spiro atoms. The molecule has 4 bridgehead atoms. The van der Waals surface area contributed by atoms with Crippen LogP contribution in [0.3, 0.4) is 0 Å². The maximum atomic E-state index is 13.3. The molecule has 176 valence electrons. The fourth-order valence-corrected chi connectivity index (χ4v) is 7.82. The lowest BCUT2D eigenvalue weighted by atomic mass is 9.49. The van der Waals surface area contributed by atoms with Gasteiger partial charge < -0.3 is 16.0 Å². The summed E-state index contributed by atoms with van der Waals surface area (Å²) < 4.78 is 1.77. The summed E-state index contributed by atoms with van der Waals surface area (Å²) in [5.41, 5.74) is 7.76. The van der Waals surface area contributed by atoms with E-state index < -0.39 is 0 Å². The second-order valence-corrected chi connectivity index (χ2v) is 11.2. The van der Waals surface area contributed by atoms with E-state index in [1.165, 1.54) is 38.5 Å². The molecule has 1 aliphatic heterocycles. The quantitative estimate of drug-likeness (QED) is 0.733. The van der Waals surface area contributed by atoms with Crippen LogP contribution in [0.15, 0.2) is 24.4 Å². The number of amides is 2. The van der Waals surface area contributed by atoms with Crippen molar-refractivity contribution in [1.29, 1.82) is 0 Å². The van der Waals surface area contributed by atoms with Gasteiger partial charge in [-0.15, -0.1) is 0 Å². The second-order valence-electron chi connectivity index (χ2n) is 11.2. The highest BCUT2D eigenvalue weighted by molar-refractivity contribution is 5.95. The van der Waals surface area contributed by atoms with E-state index in [2.05, 4.69) is 10.3 Å². The van der Waals surface area contributed by atoms with Crippen LogP contribution >= 0.6 is 0 Å². The fourth-order valence-electron chi connectivity index (χ4n) is 7.82. The molecule has 33 heavy (non-hydrogen) atoms. The number of carbonyl (C=O) groups excluding carboxylic acids is 2. The molecule has 1 unspecified atom stereocenters. The number of nitrogens with zero attached hydrogens (tertiary/aromatic N) is 3. The minimum atomic E-state index is -0.0891. The van der Waals surface area contributed by atoms with Crippen LogP contribution in [0.5, 0.6) is 0 Å². The molecule has 5 aliphatic rings. The Kier molecular flexibility index (Phi) is 5.20. The number of hydrogen-bond acceptors (Lipinski definition) is 4. The van der Waals surface area contributed by atoms with Crippen molar-refractivity contribution in [1.82, 2.24) is 19.6 Å². The van der Waals surface area contributed by atoms with Gasteiger partial charge in [-0.25, -0.2) is 4.98 Å². The maximum Gasteiger partial charge on any atom is 0.274 e. The van der Waals surface area contributed by atoms with Gasteiger partial charge in [0.05, 0.1) is 0 Å². The van der Waals surface area contributed by atoms with Crippen LogP contribution in [0.25, 0.3) is 5.65 Å². The zero-order valence-electron chi connectivity index (χ0n) is 19.3. The van der Waals surface area contributed by atoms with Gasteiger partial charge in [-0.1, -0.05) is 6.07 Å². The summed E-state index contributed by atoms with van der Waals surface area (Å²) in [7, 11) is 0. The third kappa shape index (κ3) is 3.74. The van der Waals surface area contributed by atoms with Crippen molar-refractivity contribution in [3.8, 4) is 0 Å². The molecule has 5 fully saturated rings. The summed E-state index contributed by atoms with van der Waals surface area (Å²) in [6.07, 6.45) is 12.8. The number of pyridine rings is 1. The highest BCUT2D eigenvalue weighted by Crippen LogP contribution is 2.59. The normalized spacial score (nSPS) is 32.9. The van der Waals surface area contributed by atoms with Crippen molar-refractivity contribution >= 4 is 17.5 Å². The first-order valence-electron chi connectivity index (χ1n) is 12.8. The van der Waals surface area contributed by atoms with Gasteiger partial charge in [0.2, 0.25) is 0 Å². The van der Waals surface area contributed by atoms with Crippen LogP contribution < -0.4 is 11.1 Å². The molecule has 4 saturated carbocycles. The predicted molar refractivity (Wildman–Crippen MR) is 126 cm³/mol. The molecule has 2 aromatic heterocycles. The number of imidazole rings is 1. The van der Waals surface area contributed by atoms with Crippen molar-refractivity contribution in [3.05, 3.63) is 35.8 Å². The third-order valence-electron chi connectivity index (χ3n) is 8.89. The monoisotopic (exact) mass is 449 g/mol. The SMILES string of the molecule is NCC1CCCCN1C(=O)c1cn2c(C(=O)NCC34CC5CC(CC(C5)C3)C4)cccc2n1. The molecule has 7 rings (SSSR count). The Balaban J connectivity index is 1.20. The molecule has 7 nitrogen and oxygen atoms in total. The van der Waals surface area contributed by atoms with E-state index in [4.69, 9.17) is 5.73 Å². The van der Waals surface area contributed by atoms with E-state index in [1.807, 2.05) is 23.1 Å². The number of nitrogens with one attached hydrogen (secondary N) is 1. The van der Waals surface area contributed by atoms with Crippen LogP contribution in [-0.2, 0) is 0 Å². The Morgan fingerprint density at radius 2 is 1.82 bits per heavy atom. The van der Waals surface area contributed by atoms with Gasteiger partial charge in [0.15, 0.2) is 0 Å². The molecule has 1 atom stereocenters. The number of likely N-dealkylation sites (tertiary alicyclic amines) is 1. The van der Waals surface area contributed by atoms with Gasteiger partial charge in [-0.05, 0) is 93.1 Å². The summed E-state index contributed by atoms with van der Waals surface area (Å²) in [5.74, 6) is 2.43. The molecule has 2 aromatic rings. The summed E-state index contributed by atoms with van der Waals surface area (Å²) in [6, 6.07) is 5.59. The van der Waals surface area contributed by atoms with E-state index in [0.29, 0.717) is 35.5 Å². The van der Waals surface area contributed by atoms with Gasteiger partial charge in [-0.2, -0.15) is 0 Å². The largest absolute Gasteiger partial charge is 0.350 e. The van der Waals surface area contributed by atoms with E-state index in [9.17, 15) is 9.59 Å². The highest BCUT2D eigenvalue weighted by Gasteiger charge is 2.50. The number of aromatic nitrogens is 2. The van der Waals surface area contributed by atoms with Crippen molar-refractivity contribution in [3.63, 3.8) is 0 Å². The lowest BCUT2D eigenvalue weighted by Crippen LogP contribution is -2.51. The number of rotatable bonds is 5. The highest BCUT2D eigenvalue weighted by atomic mass is 16.2. The van der Waals surface area contributed by atoms with Crippen LogP contribution in [0.2, 0.25) is 0 Å². The first-order chi connectivity index (χ1) is 16.0. The number of piperidine rings is 1. The van der Waals surface area contributed by atoms with Crippen molar-refractivity contribution in [2.45, 2.75) is 63.8 Å². The molecular formula is C26H35N5O2. The fraction of sp³-hybridized carbons (Fsp3) is 0.654. The average molecular weight is 450 g/mol. The molecule has 1 saturated heterocycles. The lowest BCUT2D eigenvalue weighted by Gasteiger charge is -2.56. The van der Waals surface area contributed by atoms with Crippen LogP contribution in [0, 0.1) is 23.2 Å². The average Bonchev–Trinajstić information content (AvgIpc) is 3.26. The maximum absolute atomic E-state index is 13.3. The molecule has 0 aromatic carbocycles. The van der Waals surface area contributed by atoms with Gasteiger partial charge >= 0.3 is 0 Å². The Morgan fingerprint density at radius 3 is 2.52 bits per heavy atom. The standard InChI is InChI=1S/C26H35N5O2/c27-14-20-4-1-2-7-30(20)25(33)21-15-31-22(5-3-6-23(31)29-21)24(32)28-16-26-11-17-8-18(12-26)10-19(9-17)13-26/h3,5-6,15,17-20H,1-2,4,7-14,16,27H2,(H,28,32). The van der Waals surface area contributed by atoms with E-state index >= 15 is 0 Å². The first-order valence-corrected chi connectivity index (χ1v) is 12.8. The summed E-state index contributed by atoms with van der Waals surface area (Å²) >= 11 is 0. The van der Waals surface area contributed by atoms with Crippen LogP contribution in [0.1, 0.15) is 78.8 Å². The Labute approximate surface area is 195 Å². The number of carbonyl (C=O) groups is 2. The van der Waals surface area contributed by atoms with Crippen molar-refractivity contribution in [2.75, 3.05) is 19.6 Å². The smallest absolute Gasteiger partial charge is 0.274 e. The van der Waals surface area contributed by atoms with Gasteiger partial charge in [0.25, 0.3) is 11.8 Å². The van der Waals surface area contributed by atoms with E-state index in [1.54, 1.807) is 10.6 Å².